The van der Waals surface area contributed by atoms with E-state index >= 15 is 0 Å². The number of rotatable bonds is 7. The number of carbonyl (C=O) groups excluding carboxylic acids is 2. The van der Waals surface area contributed by atoms with Crippen LogP contribution in [0.2, 0.25) is 0 Å². The molecule has 9 nitrogen and oxygen atoms in total. The van der Waals surface area contributed by atoms with Crippen molar-refractivity contribution >= 4 is 17.9 Å². The molecule has 2 rings (SSSR count). The summed E-state index contributed by atoms with van der Waals surface area (Å²) in [7, 11) is 0. The molecule has 0 aromatic carbocycles. The molecule has 1 saturated heterocycles. The number of alkyl halides is 3. The smallest absolute Gasteiger partial charge is 0.419 e. The summed E-state index contributed by atoms with van der Waals surface area (Å²) in [5.74, 6) is 0.130. The minimum atomic E-state index is -4.48. The first-order valence-electron chi connectivity index (χ1n) is 10.3. The van der Waals surface area contributed by atoms with Crippen molar-refractivity contribution in [2.75, 3.05) is 44.3 Å². The Bertz CT molecular complexity index is 760. The number of anilines is 1. The number of aromatic nitrogens is 2. The van der Waals surface area contributed by atoms with Crippen molar-refractivity contribution in [3.05, 3.63) is 18.0 Å². The number of nitrogens with one attached hydrogen (secondary N) is 1. The number of halogens is 3. The van der Waals surface area contributed by atoms with E-state index in [1.807, 2.05) is 0 Å². The highest BCUT2D eigenvalue weighted by Gasteiger charge is 2.32. The maximum Gasteiger partial charge on any atom is 0.419 e. The van der Waals surface area contributed by atoms with Gasteiger partial charge in [-0.3, -0.25) is 4.79 Å². The highest BCUT2D eigenvalue weighted by atomic mass is 19.4. The van der Waals surface area contributed by atoms with Gasteiger partial charge in [-0.25, -0.2) is 14.8 Å². The molecule has 1 aliphatic rings. The van der Waals surface area contributed by atoms with Gasteiger partial charge < -0.3 is 24.6 Å². The van der Waals surface area contributed by atoms with Crippen molar-refractivity contribution < 1.29 is 32.2 Å². The van der Waals surface area contributed by atoms with Gasteiger partial charge in [0.25, 0.3) is 0 Å². The lowest BCUT2D eigenvalue weighted by atomic mass is 10.2. The molecule has 0 bridgehead atoms. The maximum atomic E-state index is 12.6. The van der Waals surface area contributed by atoms with Crippen LogP contribution in [0.1, 0.15) is 39.7 Å². The minimum absolute atomic E-state index is 0.0780. The van der Waals surface area contributed by atoms with E-state index in [0.717, 1.165) is 12.4 Å². The van der Waals surface area contributed by atoms with E-state index in [9.17, 15) is 22.8 Å². The Balaban J connectivity index is 1.66. The molecule has 2 amide bonds. The third-order valence-electron chi connectivity index (χ3n) is 4.47. The van der Waals surface area contributed by atoms with Crippen molar-refractivity contribution in [1.29, 1.82) is 0 Å². The van der Waals surface area contributed by atoms with Gasteiger partial charge in [0.05, 0.1) is 31.2 Å². The molecule has 1 unspecified atom stereocenters. The van der Waals surface area contributed by atoms with Crippen LogP contribution < -0.4 is 10.2 Å². The average molecular weight is 461 g/mol. The van der Waals surface area contributed by atoms with Crippen molar-refractivity contribution in [2.45, 2.75) is 51.9 Å². The highest BCUT2D eigenvalue weighted by Crippen LogP contribution is 2.28. The molecule has 1 N–H and O–H groups in total. The fourth-order valence-electron chi connectivity index (χ4n) is 2.91. The van der Waals surface area contributed by atoms with E-state index in [-0.39, 0.29) is 37.5 Å². The predicted molar refractivity (Wildman–Crippen MR) is 110 cm³/mol. The largest absolute Gasteiger partial charge is 0.444 e. The summed E-state index contributed by atoms with van der Waals surface area (Å²) in [4.78, 5) is 35.0. The lowest BCUT2D eigenvalue weighted by Gasteiger charge is -2.34. The number of nitrogens with zero attached hydrogens (tertiary/aromatic N) is 4. The summed E-state index contributed by atoms with van der Waals surface area (Å²) in [5.41, 5.74) is -1.48. The number of carbonyl (C=O) groups is 2. The fraction of sp³-hybridized carbons (Fsp3) is 0.700. The van der Waals surface area contributed by atoms with Gasteiger partial charge in [-0.15, -0.1) is 0 Å². The van der Waals surface area contributed by atoms with Gasteiger partial charge in [0.1, 0.15) is 5.60 Å². The van der Waals surface area contributed by atoms with Crippen molar-refractivity contribution in [3.63, 3.8) is 0 Å². The number of amides is 2. The van der Waals surface area contributed by atoms with Gasteiger partial charge in [0, 0.05) is 38.6 Å². The second-order valence-corrected chi connectivity index (χ2v) is 8.51. The Kier molecular flexibility index (Phi) is 8.65. The Labute approximate surface area is 185 Å². The third kappa shape index (κ3) is 8.48. The van der Waals surface area contributed by atoms with Crippen molar-refractivity contribution in [2.24, 2.45) is 0 Å². The number of ether oxygens (including phenoxy) is 2. The zero-order chi connectivity index (χ0) is 23.9. The second-order valence-electron chi connectivity index (χ2n) is 8.51. The SMILES string of the molecule is CC(COCCC(=O)N1CCN(c2ncc(C(F)(F)F)cn2)CC1)NC(=O)OC(C)(C)C. The molecule has 1 fully saturated rings. The first kappa shape index (κ1) is 25.6. The molecule has 32 heavy (non-hydrogen) atoms. The number of hydrogen-bond acceptors (Lipinski definition) is 7. The van der Waals surface area contributed by atoms with Gasteiger partial charge in [0.15, 0.2) is 0 Å². The normalized spacial score (nSPS) is 16.0. The maximum absolute atomic E-state index is 12.6. The van der Waals surface area contributed by atoms with E-state index in [0.29, 0.717) is 26.2 Å². The lowest BCUT2D eigenvalue weighted by molar-refractivity contribution is -0.138. The van der Waals surface area contributed by atoms with Crippen LogP contribution in [0.15, 0.2) is 12.4 Å². The summed E-state index contributed by atoms with van der Waals surface area (Å²) in [5, 5.41) is 2.66. The van der Waals surface area contributed by atoms with E-state index in [1.165, 1.54) is 0 Å². The van der Waals surface area contributed by atoms with Gasteiger partial charge >= 0.3 is 12.3 Å². The van der Waals surface area contributed by atoms with Gasteiger partial charge in [-0.2, -0.15) is 13.2 Å². The second kappa shape index (κ2) is 10.8. The van der Waals surface area contributed by atoms with Gasteiger partial charge in [-0.1, -0.05) is 0 Å². The molecule has 1 atom stereocenters. The first-order chi connectivity index (χ1) is 14.8. The molecule has 0 spiro atoms. The van der Waals surface area contributed by atoms with Crippen LogP contribution in [0.4, 0.5) is 23.9 Å². The molecule has 0 aliphatic carbocycles. The molecular weight excluding hydrogens is 431 g/mol. The van der Waals surface area contributed by atoms with E-state index < -0.39 is 23.4 Å². The molecule has 180 valence electrons. The van der Waals surface area contributed by atoms with Crippen LogP contribution in [-0.4, -0.2) is 77.9 Å². The highest BCUT2D eigenvalue weighted by molar-refractivity contribution is 5.76. The summed E-state index contributed by atoms with van der Waals surface area (Å²) in [6.45, 7) is 9.23. The van der Waals surface area contributed by atoms with E-state index in [1.54, 1.807) is 37.5 Å². The van der Waals surface area contributed by atoms with Crippen LogP contribution in [0, 0.1) is 0 Å². The number of piperazine rings is 1. The fourth-order valence-corrected chi connectivity index (χ4v) is 2.91. The summed E-state index contributed by atoms with van der Waals surface area (Å²) in [6, 6.07) is -0.271. The van der Waals surface area contributed by atoms with Crippen LogP contribution in [0.3, 0.4) is 0 Å². The van der Waals surface area contributed by atoms with Crippen LogP contribution >= 0.6 is 0 Å². The Morgan fingerprint density at radius 1 is 1.12 bits per heavy atom. The lowest BCUT2D eigenvalue weighted by Crippen LogP contribution is -2.49. The summed E-state index contributed by atoms with van der Waals surface area (Å²) < 4.78 is 48.5. The topological polar surface area (TPSA) is 96.9 Å². The molecule has 12 heteroatoms. The summed E-state index contributed by atoms with van der Waals surface area (Å²) >= 11 is 0. The van der Waals surface area contributed by atoms with Crippen molar-refractivity contribution in [3.8, 4) is 0 Å². The van der Waals surface area contributed by atoms with Crippen LogP contribution in [-0.2, 0) is 20.4 Å². The number of alkyl carbamates (subject to hydrolysis) is 1. The quantitative estimate of drug-likeness (QED) is 0.623. The van der Waals surface area contributed by atoms with E-state index in [2.05, 4.69) is 15.3 Å². The standard InChI is InChI=1S/C20H30F3N5O4/c1-14(26-18(30)32-19(2,3)4)13-31-10-5-16(29)27-6-8-28(9-7-27)17-24-11-15(12-25-17)20(21,22)23/h11-12,14H,5-10,13H2,1-4H3,(H,26,30). The molecular formula is C20H30F3N5O4. The van der Waals surface area contributed by atoms with Crippen LogP contribution in [0.5, 0.6) is 0 Å². The zero-order valence-electron chi connectivity index (χ0n) is 18.7. The Morgan fingerprint density at radius 3 is 2.25 bits per heavy atom. The number of hydrogen-bond donors (Lipinski definition) is 1. The molecule has 1 aromatic heterocycles. The van der Waals surface area contributed by atoms with Crippen LogP contribution in [0.25, 0.3) is 0 Å². The zero-order valence-corrected chi connectivity index (χ0v) is 18.7. The first-order valence-corrected chi connectivity index (χ1v) is 10.3. The van der Waals surface area contributed by atoms with Gasteiger partial charge in [0.2, 0.25) is 11.9 Å². The minimum Gasteiger partial charge on any atom is -0.444 e. The molecule has 1 aromatic rings. The Hall–Kier alpha value is -2.63. The van der Waals surface area contributed by atoms with E-state index in [4.69, 9.17) is 9.47 Å². The molecule has 1 aliphatic heterocycles. The molecule has 2 heterocycles. The summed E-state index contributed by atoms with van der Waals surface area (Å²) in [6.07, 6.45) is -3.30. The molecule has 0 radical (unpaired) electrons. The van der Waals surface area contributed by atoms with Crippen molar-refractivity contribution in [1.82, 2.24) is 20.2 Å². The predicted octanol–water partition coefficient (Wildman–Crippen LogP) is 2.46. The third-order valence-corrected chi connectivity index (χ3v) is 4.47. The molecule has 0 saturated carbocycles. The Morgan fingerprint density at radius 2 is 1.72 bits per heavy atom. The van der Waals surface area contributed by atoms with Gasteiger partial charge in [-0.05, 0) is 27.7 Å². The monoisotopic (exact) mass is 461 g/mol. The average Bonchev–Trinajstić information content (AvgIpc) is 2.69.